The number of sulfonamides is 1. The smallest absolute Gasteiger partial charge is 0.232 e. The Balaban J connectivity index is 2.12. The van der Waals surface area contributed by atoms with Gasteiger partial charge in [0.2, 0.25) is 10.0 Å². The number of aryl methyl sites for hydroxylation is 3. The zero-order valence-corrected chi connectivity index (χ0v) is 11.6. The van der Waals surface area contributed by atoms with E-state index in [2.05, 4.69) is 12.1 Å². The highest BCUT2D eigenvalue weighted by molar-refractivity contribution is 7.92. The lowest BCUT2D eigenvalue weighted by molar-refractivity contribution is 0.592. The molecule has 0 bridgehead atoms. The largest absolute Gasteiger partial charge is 0.270 e. The van der Waals surface area contributed by atoms with Crippen molar-refractivity contribution in [3.8, 4) is 0 Å². The van der Waals surface area contributed by atoms with Crippen LogP contribution in [-0.4, -0.2) is 21.2 Å². The quantitative estimate of drug-likeness (QED) is 0.781. The Morgan fingerprint density at radius 3 is 2.22 bits per heavy atom. The second-order valence-corrected chi connectivity index (χ2v) is 7.30. The van der Waals surface area contributed by atoms with Crippen LogP contribution in [0.15, 0.2) is 12.1 Å². The fourth-order valence-electron chi connectivity index (χ4n) is 3.13. The van der Waals surface area contributed by atoms with E-state index in [1.165, 1.54) is 35.8 Å². The molecule has 0 saturated heterocycles. The summed E-state index contributed by atoms with van der Waals surface area (Å²) in [7, 11) is -3.13. The van der Waals surface area contributed by atoms with Gasteiger partial charge in [0.15, 0.2) is 0 Å². The molecule has 0 saturated carbocycles. The summed E-state index contributed by atoms with van der Waals surface area (Å²) in [4.78, 5) is 0. The van der Waals surface area contributed by atoms with Crippen LogP contribution in [0.4, 0.5) is 5.69 Å². The second-order valence-electron chi connectivity index (χ2n) is 5.40. The SMILES string of the molecule is CS(=O)(=O)N1CCCc2cc3c(cc21)CCCC3. The van der Waals surface area contributed by atoms with Gasteiger partial charge in [-0.2, -0.15) is 0 Å². The number of hydrogen-bond acceptors (Lipinski definition) is 2. The molecule has 1 heterocycles. The third-order valence-electron chi connectivity index (χ3n) is 4.02. The molecule has 1 aliphatic heterocycles. The summed E-state index contributed by atoms with van der Waals surface area (Å²) in [5.41, 5.74) is 4.95. The molecule has 0 spiro atoms. The molecule has 0 atom stereocenters. The average Bonchev–Trinajstić information content (AvgIpc) is 2.34. The number of rotatable bonds is 1. The van der Waals surface area contributed by atoms with Crippen LogP contribution in [0.5, 0.6) is 0 Å². The minimum Gasteiger partial charge on any atom is -0.270 e. The summed E-state index contributed by atoms with van der Waals surface area (Å²) in [5.74, 6) is 0. The topological polar surface area (TPSA) is 37.4 Å². The fourth-order valence-corrected chi connectivity index (χ4v) is 4.12. The van der Waals surface area contributed by atoms with Crippen LogP contribution in [0.3, 0.4) is 0 Å². The first-order chi connectivity index (χ1) is 8.55. The van der Waals surface area contributed by atoms with E-state index in [1.54, 1.807) is 4.31 Å². The highest BCUT2D eigenvalue weighted by atomic mass is 32.2. The zero-order valence-electron chi connectivity index (χ0n) is 10.8. The standard InChI is InChI=1S/C14H19NO2S/c1-18(16,17)15-8-4-7-13-9-11-5-2-3-6-12(11)10-14(13)15/h9-10H,2-8H2,1H3. The van der Waals surface area contributed by atoms with E-state index in [9.17, 15) is 8.42 Å². The maximum atomic E-state index is 11.8. The van der Waals surface area contributed by atoms with E-state index in [4.69, 9.17) is 0 Å². The normalized spacial score (nSPS) is 19.3. The van der Waals surface area contributed by atoms with Gasteiger partial charge in [-0.15, -0.1) is 0 Å². The van der Waals surface area contributed by atoms with E-state index in [1.807, 2.05) is 0 Å². The maximum absolute atomic E-state index is 11.8. The van der Waals surface area contributed by atoms with Gasteiger partial charge in [0, 0.05) is 6.54 Å². The lowest BCUT2D eigenvalue weighted by Gasteiger charge is -2.31. The molecule has 0 amide bonds. The third kappa shape index (κ3) is 2.03. The molecular formula is C14H19NO2S. The molecular weight excluding hydrogens is 246 g/mol. The minimum atomic E-state index is -3.13. The van der Waals surface area contributed by atoms with Gasteiger partial charge < -0.3 is 0 Å². The van der Waals surface area contributed by atoms with E-state index < -0.39 is 10.0 Å². The molecule has 0 fully saturated rings. The van der Waals surface area contributed by atoms with E-state index in [0.29, 0.717) is 6.54 Å². The molecule has 0 unspecified atom stereocenters. The van der Waals surface area contributed by atoms with Gasteiger partial charge in [0.1, 0.15) is 0 Å². The Morgan fingerprint density at radius 2 is 1.56 bits per heavy atom. The van der Waals surface area contributed by atoms with Crippen molar-refractivity contribution in [2.75, 3.05) is 17.1 Å². The zero-order chi connectivity index (χ0) is 12.8. The maximum Gasteiger partial charge on any atom is 0.232 e. The number of fused-ring (bicyclic) bond motifs is 2. The van der Waals surface area contributed by atoms with Crippen molar-refractivity contribution in [3.63, 3.8) is 0 Å². The van der Waals surface area contributed by atoms with Crippen molar-refractivity contribution in [1.82, 2.24) is 0 Å². The molecule has 1 aromatic rings. The van der Waals surface area contributed by atoms with Gasteiger partial charge in [-0.05, 0) is 61.3 Å². The Bertz CT molecular complexity index is 578. The van der Waals surface area contributed by atoms with Crippen molar-refractivity contribution < 1.29 is 8.42 Å². The van der Waals surface area contributed by atoms with Crippen molar-refractivity contribution in [1.29, 1.82) is 0 Å². The van der Waals surface area contributed by atoms with Gasteiger partial charge in [-0.25, -0.2) is 8.42 Å². The molecule has 0 aromatic heterocycles. The van der Waals surface area contributed by atoms with Gasteiger partial charge in [-0.3, -0.25) is 4.31 Å². The van der Waals surface area contributed by atoms with Crippen LogP contribution in [0.2, 0.25) is 0 Å². The predicted octanol–water partition coefficient (Wildman–Crippen LogP) is 2.28. The van der Waals surface area contributed by atoms with Crippen LogP contribution >= 0.6 is 0 Å². The summed E-state index contributed by atoms with van der Waals surface area (Å²) >= 11 is 0. The summed E-state index contributed by atoms with van der Waals surface area (Å²) in [6, 6.07) is 4.38. The Kier molecular flexibility index (Phi) is 2.85. The van der Waals surface area contributed by atoms with Crippen LogP contribution < -0.4 is 4.31 Å². The van der Waals surface area contributed by atoms with E-state index in [0.717, 1.165) is 31.4 Å². The first kappa shape index (κ1) is 12.0. The highest BCUT2D eigenvalue weighted by Gasteiger charge is 2.25. The monoisotopic (exact) mass is 265 g/mol. The first-order valence-electron chi connectivity index (χ1n) is 6.68. The predicted molar refractivity (Wildman–Crippen MR) is 73.6 cm³/mol. The molecule has 18 heavy (non-hydrogen) atoms. The molecule has 1 aliphatic carbocycles. The summed E-state index contributed by atoms with van der Waals surface area (Å²) < 4.78 is 25.3. The fraction of sp³-hybridized carbons (Fsp3) is 0.571. The van der Waals surface area contributed by atoms with Crippen LogP contribution in [-0.2, 0) is 29.3 Å². The number of anilines is 1. The van der Waals surface area contributed by atoms with Crippen LogP contribution in [0.1, 0.15) is 36.0 Å². The third-order valence-corrected chi connectivity index (χ3v) is 5.20. The number of nitrogens with zero attached hydrogens (tertiary/aromatic N) is 1. The molecule has 0 radical (unpaired) electrons. The highest BCUT2D eigenvalue weighted by Crippen LogP contribution is 2.34. The lowest BCUT2D eigenvalue weighted by atomic mass is 9.88. The van der Waals surface area contributed by atoms with Gasteiger partial charge in [-0.1, -0.05) is 6.07 Å². The minimum absolute atomic E-state index is 0.630. The average molecular weight is 265 g/mol. The number of benzene rings is 1. The van der Waals surface area contributed by atoms with Crippen molar-refractivity contribution in [2.24, 2.45) is 0 Å². The van der Waals surface area contributed by atoms with E-state index >= 15 is 0 Å². The van der Waals surface area contributed by atoms with Crippen LogP contribution in [0.25, 0.3) is 0 Å². The lowest BCUT2D eigenvalue weighted by Crippen LogP contribution is -2.34. The van der Waals surface area contributed by atoms with Crippen molar-refractivity contribution in [2.45, 2.75) is 38.5 Å². The van der Waals surface area contributed by atoms with Gasteiger partial charge >= 0.3 is 0 Å². The molecule has 98 valence electrons. The van der Waals surface area contributed by atoms with Crippen LogP contribution in [0, 0.1) is 0 Å². The molecule has 3 rings (SSSR count). The molecule has 0 N–H and O–H groups in total. The summed E-state index contributed by atoms with van der Waals surface area (Å²) in [6.07, 6.45) is 7.99. The molecule has 1 aromatic carbocycles. The van der Waals surface area contributed by atoms with Gasteiger partial charge in [0.25, 0.3) is 0 Å². The Labute approximate surface area is 109 Å². The Hall–Kier alpha value is -1.03. The summed E-state index contributed by atoms with van der Waals surface area (Å²) in [5, 5.41) is 0. The van der Waals surface area contributed by atoms with Crippen molar-refractivity contribution >= 4 is 15.7 Å². The summed E-state index contributed by atoms with van der Waals surface area (Å²) in [6.45, 7) is 0.630. The molecule has 3 nitrogen and oxygen atoms in total. The van der Waals surface area contributed by atoms with Crippen molar-refractivity contribution in [3.05, 3.63) is 28.8 Å². The second kappa shape index (κ2) is 4.26. The van der Waals surface area contributed by atoms with Gasteiger partial charge in [0.05, 0.1) is 11.9 Å². The molecule has 4 heteroatoms. The first-order valence-corrected chi connectivity index (χ1v) is 8.53. The number of hydrogen-bond donors (Lipinski definition) is 0. The Morgan fingerprint density at radius 1 is 0.944 bits per heavy atom. The molecule has 2 aliphatic rings. The van der Waals surface area contributed by atoms with E-state index in [-0.39, 0.29) is 0 Å².